The molecule has 100 valence electrons. The highest BCUT2D eigenvalue weighted by atomic mass is 15.1. The predicted molar refractivity (Wildman–Crippen MR) is 74.1 cm³/mol. The van der Waals surface area contributed by atoms with Gasteiger partial charge in [0, 0.05) is 12.1 Å². The van der Waals surface area contributed by atoms with Gasteiger partial charge in [-0.1, -0.05) is 45.4 Å². The molecule has 0 spiro atoms. The Morgan fingerprint density at radius 3 is 1.53 bits per heavy atom. The van der Waals surface area contributed by atoms with E-state index in [1.54, 1.807) is 0 Å². The van der Waals surface area contributed by atoms with Crippen LogP contribution in [0.3, 0.4) is 0 Å². The predicted octanol–water partition coefficient (Wildman–Crippen LogP) is 3.57. The molecule has 2 saturated carbocycles. The van der Waals surface area contributed by atoms with Crippen LogP contribution in [-0.2, 0) is 0 Å². The molecule has 0 unspecified atom stereocenters. The second-order valence-electron chi connectivity index (χ2n) is 5.96. The van der Waals surface area contributed by atoms with Crippen LogP contribution in [0.4, 0.5) is 0 Å². The first-order valence-electron chi connectivity index (χ1n) is 7.90. The summed E-state index contributed by atoms with van der Waals surface area (Å²) in [5.74, 6) is 0. The standard InChI is InChI=1S/C15H30N2/c1-2-15(16-13-9-5-3-6-10-13)17-14-11-7-4-8-12-14/h13-17H,2-12H2,1H3. The summed E-state index contributed by atoms with van der Waals surface area (Å²) in [7, 11) is 0. The Kier molecular flexibility index (Phi) is 5.79. The smallest absolute Gasteiger partial charge is 0.0573 e. The van der Waals surface area contributed by atoms with E-state index in [0.717, 1.165) is 12.1 Å². The first kappa shape index (κ1) is 13.4. The minimum atomic E-state index is 0.557. The van der Waals surface area contributed by atoms with Crippen LogP contribution in [0.2, 0.25) is 0 Å². The van der Waals surface area contributed by atoms with Gasteiger partial charge in [-0.05, 0) is 32.1 Å². The van der Waals surface area contributed by atoms with E-state index in [-0.39, 0.29) is 0 Å². The van der Waals surface area contributed by atoms with Gasteiger partial charge in [0.1, 0.15) is 0 Å². The van der Waals surface area contributed by atoms with Gasteiger partial charge in [0.2, 0.25) is 0 Å². The molecule has 0 aromatic carbocycles. The van der Waals surface area contributed by atoms with Crippen molar-refractivity contribution in [2.24, 2.45) is 0 Å². The van der Waals surface area contributed by atoms with Crippen molar-refractivity contribution < 1.29 is 0 Å². The summed E-state index contributed by atoms with van der Waals surface area (Å²) in [5, 5.41) is 7.68. The lowest BCUT2D eigenvalue weighted by molar-refractivity contribution is 0.259. The van der Waals surface area contributed by atoms with Crippen molar-refractivity contribution in [3.63, 3.8) is 0 Å². The second kappa shape index (κ2) is 7.38. The quantitative estimate of drug-likeness (QED) is 0.716. The fraction of sp³-hybridized carbons (Fsp3) is 1.00. The number of nitrogens with one attached hydrogen (secondary N) is 2. The van der Waals surface area contributed by atoms with E-state index >= 15 is 0 Å². The molecule has 2 nitrogen and oxygen atoms in total. The molecule has 2 fully saturated rings. The van der Waals surface area contributed by atoms with E-state index in [1.165, 1.54) is 70.6 Å². The fourth-order valence-corrected chi connectivity index (χ4v) is 3.39. The summed E-state index contributed by atoms with van der Waals surface area (Å²) < 4.78 is 0. The summed E-state index contributed by atoms with van der Waals surface area (Å²) in [6.45, 7) is 2.30. The lowest BCUT2D eigenvalue weighted by Gasteiger charge is -2.32. The Hall–Kier alpha value is -0.0800. The summed E-state index contributed by atoms with van der Waals surface area (Å²) in [6.07, 6.45) is 16.0. The van der Waals surface area contributed by atoms with Gasteiger partial charge in [0.05, 0.1) is 6.17 Å². The van der Waals surface area contributed by atoms with Gasteiger partial charge in [-0.3, -0.25) is 10.6 Å². The molecule has 0 heterocycles. The van der Waals surface area contributed by atoms with Crippen LogP contribution in [-0.4, -0.2) is 18.2 Å². The number of rotatable bonds is 5. The maximum atomic E-state index is 3.84. The van der Waals surface area contributed by atoms with Crippen molar-refractivity contribution in [3.8, 4) is 0 Å². The van der Waals surface area contributed by atoms with Gasteiger partial charge in [0.25, 0.3) is 0 Å². The summed E-state index contributed by atoms with van der Waals surface area (Å²) in [5.41, 5.74) is 0. The molecule has 2 N–H and O–H groups in total. The molecule has 2 rings (SSSR count). The van der Waals surface area contributed by atoms with Gasteiger partial charge in [-0.15, -0.1) is 0 Å². The monoisotopic (exact) mass is 238 g/mol. The first-order valence-corrected chi connectivity index (χ1v) is 7.90. The van der Waals surface area contributed by atoms with E-state index in [9.17, 15) is 0 Å². The highest BCUT2D eigenvalue weighted by molar-refractivity contribution is 4.80. The third-order valence-electron chi connectivity index (χ3n) is 4.49. The molecular weight excluding hydrogens is 208 g/mol. The normalized spacial score (nSPS) is 24.4. The average Bonchev–Trinajstić information content (AvgIpc) is 2.40. The van der Waals surface area contributed by atoms with Crippen LogP contribution in [0, 0.1) is 0 Å². The van der Waals surface area contributed by atoms with Crippen molar-refractivity contribution >= 4 is 0 Å². The van der Waals surface area contributed by atoms with Crippen LogP contribution in [0.15, 0.2) is 0 Å². The van der Waals surface area contributed by atoms with Crippen LogP contribution in [0.25, 0.3) is 0 Å². The maximum absolute atomic E-state index is 3.84. The van der Waals surface area contributed by atoms with Crippen molar-refractivity contribution in [3.05, 3.63) is 0 Å². The highest BCUT2D eigenvalue weighted by Gasteiger charge is 2.20. The van der Waals surface area contributed by atoms with E-state index in [2.05, 4.69) is 17.6 Å². The van der Waals surface area contributed by atoms with Crippen molar-refractivity contribution in [2.75, 3.05) is 0 Å². The van der Waals surface area contributed by atoms with Crippen molar-refractivity contribution in [1.29, 1.82) is 0 Å². The molecule has 0 radical (unpaired) electrons. The van der Waals surface area contributed by atoms with E-state index < -0.39 is 0 Å². The molecule has 0 bridgehead atoms. The Labute approximate surface area is 107 Å². The van der Waals surface area contributed by atoms with Gasteiger partial charge < -0.3 is 0 Å². The average molecular weight is 238 g/mol. The molecule has 2 heteroatoms. The summed E-state index contributed by atoms with van der Waals surface area (Å²) >= 11 is 0. The molecule has 0 aliphatic heterocycles. The van der Waals surface area contributed by atoms with Crippen LogP contribution >= 0.6 is 0 Å². The lowest BCUT2D eigenvalue weighted by atomic mass is 9.94. The molecule has 2 aliphatic carbocycles. The third kappa shape index (κ3) is 4.59. The zero-order chi connectivity index (χ0) is 11.9. The number of hydrogen-bond acceptors (Lipinski definition) is 2. The largest absolute Gasteiger partial charge is 0.299 e. The molecule has 0 saturated heterocycles. The Balaban J connectivity index is 1.71. The number of hydrogen-bond donors (Lipinski definition) is 2. The molecular formula is C15H30N2. The first-order chi connectivity index (χ1) is 8.38. The van der Waals surface area contributed by atoms with Crippen LogP contribution in [0.1, 0.15) is 77.6 Å². The van der Waals surface area contributed by atoms with Gasteiger partial charge in [-0.25, -0.2) is 0 Å². The SMILES string of the molecule is CCC(NC1CCCCC1)NC1CCCCC1. The summed E-state index contributed by atoms with van der Waals surface area (Å²) in [4.78, 5) is 0. The van der Waals surface area contributed by atoms with E-state index in [0.29, 0.717) is 6.17 Å². The Bertz CT molecular complexity index is 173. The Morgan fingerprint density at radius 1 is 0.765 bits per heavy atom. The zero-order valence-electron chi connectivity index (χ0n) is 11.5. The molecule has 2 aliphatic rings. The molecule has 0 amide bonds. The molecule has 0 atom stereocenters. The minimum absolute atomic E-state index is 0.557. The van der Waals surface area contributed by atoms with Gasteiger partial charge in [-0.2, -0.15) is 0 Å². The lowest BCUT2D eigenvalue weighted by Crippen LogP contribution is -2.51. The van der Waals surface area contributed by atoms with E-state index in [1.807, 2.05) is 0 Å². The maximum Gasteiger partial charge on any atom is 0.0573 e. The minimum Gasteiger partial charge on any atom is -0.299 e. The molecule has 0 aromatic heterocycles. The van der Waals surface area contributed by atoms with Gasteiger partial charge in [0.15, 0.2) is 0 Å². The van der Waals surface area contributed by atoms with Crippen molar-refractivity contribution in [1.82, 2.24) is 10.6 Å². The van der Waals surface area contributed by atoms with Crippen LogP contribution in [0.5, 0.6) is 0 Å². The Morgan fingerprint density at radius 2 is 1.18 bits per heavy atom. The van der Waals surface area contributed by atoms with Gasteiger partial charge >= 0.3 is 0 Å². The topological polar surface area (TPSA) is 24.1 Å². The second-order valence-corrected chi connectivity index (χ2v) is 5.96. The van der Waals surface area contributed by atoms with Crippen molar-refractivity contribution in [2.45, 2.75) is 95.8 Å². The fourth-order valence-electron chi connectivity index (χ4n) is 3.39. The van der Waals surface area contributed by atoms with Crippen LogP contribution < -0.4 is 10.6 Å². The zero-order valence-corrected chi connectivity index (χ0v) is 11.5. The van der Waals surface area contributed by atoms with E-state index in [4.69, 9.17) is 0 Å². The molecule has 0 aromatic rings. The third-order valence-corrected chi connectivity index (χ3v) is 4.49. The summed E-state index contributed by atoms with van der Waals surface area (Å²) in [6, 6.07) is 1.56. The molecule has 17 heavy (non-hydrogen) atoms. The highest BCUT2D eigenvalue weighted by Crippen LogP contribution is 2.20.